The number of methoxy groups -OCH3 is 1. The van der Waals surface area contributed by atoms with Crippen molar-refractivity contribution in [2.45, 2.75) is 30.9 Å². The molecule has 0 unspecified atom stereocenters. The van der Waals surface area contributed by atoms with Crippen LogP contribution in [-0.2, 0) is 4.74 Å². The van der Waals surface area contributed by atoms with E-state index in [2.05, 4.69) is 18.2 Å². The molecule has 21 heavy (non-hydrogen) atoms. The van der Waals surface area contributed by atoms with Gasteiger partial charge in [0.05, 0.1) is 0 Å². The van der Waals surface area contributed by atoms with Gasteiger partial charge in [0.1, 0.15) is 0 Å². The van der Waals surface area contributed by atoms with E-state index in [4.69, 9.17) is 4.74 Å². The van der Waals surface area contributed by atoms with Crippen LogP contribution < -0.4 is 4.46 Å². The normalized spacial score (nSPS) is 13.9. The Labute approximate surface area is 133 Å². The number of aliphatic hydroxyl groups is 1. The Bertz CT molecular complexity index is 542. The SMILES string of the molecule is CC[C@H](O)c1ccccc1[Se]C[C@H](OC)c1ccccc1. The second kappa shape index (κ2) is 8.35. The third-order valence-corrected chi connectivity index (χ3v) is 5.93. The summed E-state index contributed by atoms with van der Waals surface area (Å²) in [5.74, 6) is 0. The van der Waals surface area contributed by atoms with Crippen molar-refractivity contribution in [1.29, 1.82) is 0 Å². The van der Waals surface area contributed by atoms with Gasteiger partial charge in [-0.1, -0.05) is 0 Å². The third kappa shape index (κ3) is 4.42. The summed E-state index contributed by atoms with van der Waals surface area (Å²) in [6.07, 6.45) is 0.512. The van der Waals surface area contributed by atoms with Crippen molar-refractivity contribution in [3.05, 3.63) is 65.7 Å². The van der Waals surface area contributed by atoms with Crippen molar-refractivity contribution >= 4 is 19.4 Å². The van der Waals surface area contributed by atoms with Crippen molar-refractivity contribution < 1.29 is 9.84 Å². The van der Waals surface area contributed by atoms with Gasteiger partial charge in [-0.3, -0.25) is 0 Å². The van der Waals surface area contributed by atoms with Crippen LogP contribution >= 0.6 is 0 Å². The first-order chi connectivity index (χ1) is 10.3. The van der Waals surface area contributed by atoms with Gasteiger partial charge < -0.3 is 0 Å². The van der Waals surface area contributed by atoms with Crippen molar-refractivity contribution in [3.8, 4) is 0 Å². The molecule has 0 aliphatic heterocycles. The topological polar surface area (TPSA) is 29.5 Å². The number of benzene rings is 2. The van der Waals surface area contributed by atoms with Crippen LogP contribution in [0.3, 0.4) is 0 Å². The Morgan fingerprint density at radius 3 is 2.38 bits per heavy atom. The summed E-state index contributed by atoms with van der Waals surface area (Å²) in [5, 5.41) is 11.1. The van der Waals surface area contributed by atoms with Gasteiger partial charge >= 0.3 is 133 Å². The van der Waals surface area contributed by atoms with Crippen LogP contribution in [0.5, 0.6) is 0 Å². The fourth-order valence-electron chi connectivity index (χ4n) is 2.24. The molecule has 0 heterocycles. The van der Waals surface area contributed by atoms with Gasteiger partial charge in [-0.15, -0.1) is 0 Å². The van der Waals surface area contributed by atoms with Gasteiger partial charge in [0.15, 0.2) is 0 Å². The summed E-state index contributed by atoms with van der Waals surface area (Å²) >= 11 is 0.281. The van der Waals surface area contributed by atoms with E-state index < -0.39 is 0 Å². The molecule has 0 aromatic heterocycles. The molecular formula is C18H22O2Se. The number of hydrogen-bond donors (Lipinski definition) is 1. The van der Waals surface area contributed by atoms with E-state index in [1.54, 1.807) is 7.11 Å². The van der Waals surface area contributed by atoms with Crippen molar-refractivity contribution in [1.82, 2.24) is 0 Å². The number of rotatable bonds is 7. The van der Waals surface area contributed by atoms with E-state index in [-0.39, 0.29) is 27.2 Å². The van der Waals surface area contributed by atoms with Gasteiger partial charge in [-0.05, 0) is 0 Å². The minimum atomic E-state index is -0.360. The molecule has 0 amide bonds. The van der Waals surface area contributed by atoms with Crippen LogP contribution in [0.1, 0.15) is 36.7 Å². The summed E-state index contributed by atoms with van der Waals surface area (Å²) in [7, 11) is 1.76. The molecule has 0 radical (unpaired) electrons. The van der Waals surface area contributed by atoms with Gasteiger partial charge in [-0.25, -0.2) is 0 Å². The molecule has 3 heteroatoms. The van der Waals surface area contributed by atoms with Crippen molar-refractivity contribution in [2.24, 2.45) is 0 Å². The van der Waals surface area contributed by atoms with E-state index >= 15 is 0 Å². The minimum absolute atomic E-state index is 0.123. The molecule has 0 saturated carbocycles. The fourth-order valence-corrected chi connectivity index (χ4v) is 4.77. The van der Waals surface area contributed by atoms with E-state index in [1.807, 2.05) is 43.3 Å². The van der Waals surface area contributed by atoms with Gasteiger partial charge in [-0.2, -0.15) is 0 Å². The quantitative estimate of drug-likeness (QED) is 0.778. The Kier molecular flexibility index (Phi) is 6.47. The Morgan fingerprint density at radius 2 is 1.71 bits per heavy atom. The van der Waals surface area contributed by atoms with Crippen molar-refractivity contribution in [3.63, 3.8) is 0 Å². The molecule has 0 aliphatic carbocycles. The van der Waals surface area contributed by atoms with Crippen LogP contribution in [0.25, 0.3) is 0 Å². The summed E-state index contributed by atoms with van der Waals surface area (Å²) in [5.41, 5.74) is 2.29. The number of ether oxygens (including phenoxy) is 1. The Morgan fingerprint density at radius 1 is 1.05 bits per heavy atom. The van der Waals surface area contributed by atoms with Gasteiger partial charge in [0.2, 0.25) is 0 Å². The molecular weight excluding hydrogens is 327 g/mol. The van der Waals surface area contributed by atoms with E-state index in [0.717, 1.165) is 17.3 Å². The maximum atomic E-state index is 10.1. The molecule has 0 saturated heterocycles. The van der Waals surface area contributed by atoms with Crippen molar-refractivity contribution in [2.75, 3.05) is 7.11 Å². The molecule has 1 N–H and O–H groups in total. The molecule has 2 nitrogen and oxygen atoms in total. The molecule has 0 aliphatic rings. The Hall–Kier alpha value is -1.12. The van der Waals surface area contributed by atoms with E-state index in [1.165, 1.54) is 10.0 Å². The van der Waals surface area contributed by atoms with Crippen LogP contribution in [0.15, 0.2) is 54.6 Å². The molecule has 2 aromatic carbocycles. The van der Waals surface area contributed by atoms with Gasteiger partial charge in [0, 0.05) is 0 Å². The van der Waals surface area contributed by atoms with Crippen LogP contribution in [-0.4, -0.2) is 27.2 Å². The first-order valence-electron chi connectivity index (χ1n) is 7.23. The monoisotopic (exact) mass is 350 g/mol. The fraction of sp³-hybridized carbons (Fsp3) is 0.333. The summed E-state index contributed by atoms with van der Waals surface area (Å²) in [6, 6.07) is 18.5. The zero-order valence-corrected chi connectivity index (χ0v) is 14.2. The summed E-state index contributed by atoms with van der Waals surface area (Å²) < 4.78 is 6.91. The number of aliphatic hydroxyl groups excluding tert-OH is 1. The first kappa shape index (κ1) is 16.3. The predicted octanol–water partition coefficient (Wildman–Crippen LogP) is 3.27. The molecule has 2 aromatic rings. The maximum absolute atomic E-state index is 10.1. The predicted molar refractivity (Wildman–Crippen MR) is 88.1 cm³/mol. The molecule has 112 valence electrons. The molecule has 2 atom stereocenters. The van der Waals surface area contributed by atoms with E-state index in [9.17, 15) is 5.11 Å². The molecule has 2 rings (SSSR count). The van der Waals surface area contributed by atoms with Crippen LogP contribution in [0.2, 0.25) is 5.32 Å². The average Bonchev–Trinajstić information content (AvgIpc) is 2.56. The second-order valence-electron chi connectivity index (χ2n) is 4.91. The zero-order valence-electron chi connectivity index (χ0n) is 12.5. The molecule has 0 fully saturated rings. The van der Waals surface area contributed by atoms with Crippen LogP contribution in [0, 0.1) is 0 Å². The molecule has 0 bridgehead atoms. The summed E-state index contributed by atoms with van der Waals surface area (Å²) in [4.78, 5) is 0. The standard InChI is InChI=1S/C18H22O2Se/c1-3-16(19)15-11-7-8-12-18(15)21-13-17(20-2)14-9-5-4-6-10-14/h4-12,16-17,19H,3,13H2,1-2H3/t16-,17-/m0/s1. The summed E-state index contributed by atoms with van der Waals surface area (Å²) in [6.45, 7) is 2.01. The average molecular weight is 349 g/mol. The van der Waals surface area contributed by atoms with Gasteiger partial charge in [0.25, 0.3) is 0 Å². The number of hydrogen-bond acceptors (Lipinski definition) is 2. The van der Waals surface area contributed by atoms with Crippen LogP contribution in [0.4, 0.5) is 0 Å². The van der Waals surface area contributed by atoms with E-state index in [0.29, 0.717) is 0 Å². The second-order valence-corrected chi connectivity index (χ2v) is 7.14. The Balaban J connectivity index is 2.08. The first-order valence-corrected chi connectivity index (χ1v) is 9.30. The third-order valence-electron chi connectivity index (χ3n) is 3.51. The molecule has 0 spiro atoms. The zero-order chi connectivity index (χ0) is 15.1.